The van der Waals surface area contributed by atoms with Crippen LogP contribution in [-0.4, -0.2) is 5.78 Å². The van der Waals surface area contributed by atoms with Gasteiger partial charge in [0.25, 0.3) is 0 Å². The molecule has 3 nitrogen and oxygen atoms in total. The average Bonchev–Trinajstić information content (AvgIpc) is 2.79. The first-order valence-corrected chi connectivity index (χ1v) is 11.0. The van der Waals surface area contributed by atoms with Crippen molar-refractivity contribution in [3.05, 3.63) is 95.1 Å². The van der Waals surface area contributed by atoms with Crippen molar-refractivity contribution in [2.24, 2.45) is 5.92 Å². The maximum Gasteiger partial charge on any atom is 0.423 e. The molecule has 4 rings (SSSR count). The van der Waals surface area contributed by atoms with Gasteiger partial charge in [-0.05, 0) is 29.2 Å². The molecule has 0 aliphatic heterocycles. The molecule has 6 heteroatoms. The fourth-order valence-electron chi connectivity index (χ4n) is 3.86. The Balaban J connectivity index is 1.69. The lowest BCUT2D eigenvalue weighted by molar-refractivity contribution is -0.140. The van der Waals surface area contributed by atoms with Gasteiger partial charge in [-0.1, -0.05) is 79.9 Å². The Morgan fingerprint density at radius 1 is 0.818 bits per heavy atom. The number of rotatable bonds is 9. The molecule has 1 saturated carbocycles. The van der Waals surface area contributed by atoms with E-state index >= 15 is 0 Å². The molecule has 0 amide bonds. The minimum absolute atomic E-state index is 0.0303. The van der Waals surface area contributed by atoms with Crippen molar-refractivity contribution in [1.82, 2.24) is 0 Å². The first kappa shape index (κ1) is 22.9. The normalized spacial score (nSPS) is 13.9. The summed E-state index contributed by atoms with van der Waals surface area (Å²) in [4.78, 5) is 13.0. The molecule has 0 saturated heterocycles. The largest absolute Gasteiger partial charge is 0.488 e. The molecule has 0 spiro atoms. The van der Waals surface area contributed by atoms with Gasteiger partial charge in [-0.2, -0.15) is 13.2 Å². The zero-order valence-electron chi connectivity index (χ0n) is 18.1. The van der Waals surface area contributed by atoms with E-state index in [2.05, 4.69) is 0 Å². The number of hydrogen-bond donors (Lipinski definition) is 0. The number of hydrogen-bond acceptors (Lipinski definition) is 3. The zero-order chi connectivity index (χ0) is 23.3. The lowest BCUT2D eigenvalue weighted by Crippen LogP contribution is -2.19. The summed E-state index contributed by atoms with van der Waals surface area (Å²) in [6.45, 7) is -0.118. The molecule has 3 aromatic carbocycles. The predicted molar refractivity (Wildman–Crippen MR) is 119 cm³/mol. The highest BCUT2D eigenvalue weighted by Crippen LogP contribution is 2.46. The zero-order valence-corrected chi connectivity index (χ0v) is 18.1. The van der Waals surface area contributed by atoms with Crippen LogP contribution in [0.5, 0.6) is 11.5 Å². The standard InChI is InChI=1S/C27H25F3O3/c28-27(29,30)25-24(32-17-20-8-3-1-4-9-20)15-14-22(23(31)16-19-12-7-13-19)26(25)33-18-21-10-5-2-6-11-21/h1-6,8-11,14-15,19H,7,12-13,16-18H2. The van der Waals surface area contributed by atoms with Crippen LogP contribution in [0.2, 0.25) is 0 Å². The van der Waals surface area contributed by atoms with Gasteiger partial charge in [0.1, 0.15) is 30.3 Å². The lowest BCUT2D eigenvalue weighted by Gasteiger charge is -2.25. The van der Waals surface area contributed by atoms with Crippen molar-refractivity contribution in [1.29, 1.82) is 0 Å². The topological polar surface area (TPSA) is 35.5 Å². The van der Waals surface area contributed by atoms with Gasteiger partial charge in [0.15, 0.2) is 5.78 Å². The summed E-state index contributed by atoms with van der Waals surface area (Å²) in [5.41, 5.74) is 0.354. The fourth-order valence-corrected chi connectivity index (χ4v) is 3.86. The third-order valence-corrected chi connectivity index (χ3v) is 5.87. The highest BCUT2D eigenvalue weighted by molar-refractivity contribution is 5.99. The maximum atomic E-state index is 14.3. The van der Waals surface area contributed by atoms with Gasteiger partial charge in [-0.15, -0.1) is 0 Å². The molecule has 1 aliphatic carbocycles. The van der Waals surface area contributed by atoms with Crippen molar-refractivity contribution in [2.45, 2.75) is 45.1 Å². The molecule has 172 valence electrons. The molecule has 33 heavy (non-hydrogen) atoms. The molecule has 3 aromatic rings. The van der Waals surface area contributed by atoms with Crippen LogP contribution in [-0.2, 0) is 19.4 Å². The van der Waals surface area contributed by atoms with Gasteiger partial charge >= 0.3 is 6.18 Å². The summed E-state index contributed by atoms with van der Waals surface area (Å²) >= 11 is 0. The number of halogens is 3. The summed E-state index contributed by atoms with van der Waals surface area (Å²) in [6.07, 6.45) is -1.63. The van der Waals surface area contributed by atoms with Crippen LogP contribution in [0.4, 0.5) is 13.2 Å². The number of carbonyl (C=O) groups excluding carboxylic acids is 1. The molecule has 0 atom stereocenters. The Labute approximate surface area is 191 Å². The van der Waals surface area contributed by atoms with E-state index in [-0.39, 0.29) is 42.6 Å². The molecule has 1 aliphatic rings. The van der Waals surface area contributed by atoms with Crippen molar-refractivity contribution >= 4 is 5.78 Å². The Morgan fingerprint density at radius 3 is 1.91 bits per heavy atom. The van der Waals surface area contributed by atoms with E-state index in [0.717, 1.165) is 24.8 Å². The van der Waals surface area contributed by atoms with Crippen molar-refractivity contribution in [2.75, 3.05) is 0 Å². The minimum Gasteiger partial charge on any atom is -0.488 e. The number of ketones is 1. The van der Waals surface area contributed by atoms with Crippen LogP contribution in [0.1, 0.15) is 52.7 Å². The minimum atomic E-state index is -4.76. The molecule has 0 heterocycles. The first-order valence-electron chi connectivity index (χ1n) is 11.0. The van der Waals surface area contributed by atoms with Gasteiger partial charge < -0.3 is 9.47 Å². The van der Waals surface area contributed by atoms with Crippen LogP contribution >= 0.6 is 0 Å². The Hall–Kier alpha value is -3.28. The number of Topliss-reactive ketones (excluding diaryl/α,β-unsaturated/α-hetero) is 1. The van der Waals surface area contributed by atoms with Gasteiger partial charge in [-0.25, -0.2) is 0 Å². The van der Waals surface area contributed by atoms with Gasteiger partial charge in [0.05, 0.1) is 5.56 Å². The van der Waals surface area contributed by atoms with E-state index < -0.39 is 17.5 Å². The summed E-state index contributed by atoms with van der Waals surface area (Å²) in [5.74, 6) is -0.915. The second kappa shape index (κ2) is 10.1. The average molecular weight is 454 g/mol. The van der Waals surface area contributed by atoms with Crippen molar-refractivity contribution in [3.63, 3.8) is 0 Å². The lowest BCUT2D eigenvalue weighted by atomic mass is 9.80. The Kier molecular flexibility index (Phi) is 7.02. The molecule has 0 N–H and O–H groups in total. The summed E-state index contributed by atoms with van der Waals surface area (Å²) in [6, 6.07) is 20.5. The monoisotopic (exact) mass is 454 g/mol. The summed E-state index contributed by atoms with van der Waals surface area (Å²) in [7, 11) is 0. The van der Waals surface area contributed by atoms with Crippen LogP contribution < -0.4 is 9.47 Å². The number of benzene rings is 3. The molecule has 0 bridgehead atoms. The molecule has 1 fully saturated rings. The van der Waals surface area contributed by atoms with E-state index in [1.165, 1.54) is 12.1 Å². The fraction of sp³-hybridized carbons (Fsp3) is 0.296. The third kappa shape index (κ3) is 5.75. The van der Waals surface area contributed by atoms with E-state index in [4.69, 9.17) is 9.47 Å². The van der Waals surface area contributed by atoms with Crippen LogP contribution in [0.25, 0.3) is 0 Å². The highest BCUT2D eigenvalue weighted by atomic mass is 19.4. The van der Waals surface area contributed by atoms with E-state index in [1.54, 1.807) is 48.5 Å². The van der Waals surface area contributed by atoms with Crippen LogP contribution in [0.15, 0.2) is 72.8 Å². The van der Waals surface area contributed by atoms with Gasteiger partial charge in [0, 0.05) is 6.42 Å². The van der Waals surface area contributed by atoms with Crippen molar-refractivity contribution in [3.8, 4) is 11.5 Å². The SMILES string of the molecule is O=C(CC1CCC1)c1ccc(OCc2ccccc2)c(C(F)(F)F)c1OCc1ccccc1. The van der Waals surface area contributed by atoms with Crippen LogP contribution in [0, 0.1) is 5.92 Å². The molecule has 0 radical (unpaired) electrons. The van der Waals surface area contributed by atoms with Gasteiger partial charge in [-0.3, -0.25) is 4.79 Å². The van der Waals surface area contributed by atoms with E-state index in [1.807, 2.05) is 12.1 Å². The third-order valence-electron chi connectivity index (χ3n) is 5.87. The molecule has 0 unspecified atom stereocenters. The van der Waals surface area contributed by atoms with E-state index in [0.29, 0.717) is 5.56 Å². The summed E-state index contributed by atoms with van der Waals surface area (Å²) < 4.78 is 54.1. The van der Waals surface area contributed by atoms with Crippen LogP contribution in [0.3, 0.4) is 0 Å². The smallest absolute Gasteiger partial charge is 0.423 e. The first-order chi connectivity index (χ1) is 15.9. The maximum absolute atomic E-state index is 14.3. The van der Waals surface area contributed by atoms with E-state index in [9.17, 15) is 18.0 Å². The highest BCUT2D eigenvalue weighted by Gasteiger charge is 2.41. The molecular formula is C27H25F3O3. The van der Waals surface area contributed by atoms with Crippen molar-refractivity contribution < 1.29 is 27.4 Å². The Bertz CT molecular complexity index is 1080. The number of alkyl halides is 3. The van der Waals surface area contributed by atoms with Gasteiger partial charge in [0.2, 0.25) is 0 Å². The molecular weight excluding hydrogens is 429 g/mol. The summed E-state index contributed by atoms with van der Waals surface area (Å²) in [5, 5.41) is 0. The second-order valence-electron chi connectivity index (χ2n) is 8.29. The number of ether oxygens (including phenoxy) is 2. The second-order valence-corrected chi connectivity index (χ2v) is 8.29. The number of carbonyl (C=O) groups is 1. The predicted octanol–water partition coefficient (Wildman–Crippen LogP) is 7.24. The quantitative estimate of drug-likeness (QED) is 0.320. The molecule has 0 aromatic heterocycles. The Morgan fingerprint density at radius 2 is 1.39 bits per heavy atom.